The van der Waals surface area contributed by atoms with Crippen LogP contribution in [0.4, 0.5) is 0 Å². The minimum atomic E-state index is -0.275. The molecule has 0 amide bonds. The molecule has 0 atom stereocenters. The van der Waals surface area contributed by atoms with Crippen molar-refractivity contribution in [1.82, 2.24) is 9.97 Å². The Hall–Kier alpha value is -1.74. The van der Waals surface area contributed by atoms with Gasteiger partial charge in [-0.2, -0.15) is 0 Å². The van der Waals surface area contributed by atoms with Gasteiger partial charge in [-0.25, -0.2) is 9.97 Å². The summed E-state index contributed by atoms with van der Waals surface area (Å²) < 4.78 is 0. The highest BCUT2D eigenvalue weighted by Gasteiger charge is 2.43. The Morgan fingerprint density at radius 2 is 1.74 bits per heavy atom. The molecule has 2 aromatic rings. The van der Waals surface area contributed by atoms with Gasteiger partial charge in [-0.15, -0.1) is 0 Å². The molecular weight excluding hydrogens is 234 g/mol. The van der Waals surface area contributed by atoms with Crippen molar-refractivity contribution in [3.8, 4) is 11.3 Å². The zero-order chi connectivity index (χ0) is 13.6. The van der Waals surface area contributed by atoms with Gasteiger partial charge in [0.1, 0.15) is 5.82 Å². The zero-order valence-electron chi connectivity index (χ0n) is 11.7. The molecular formula is C16H19N3. The number of benzene rings is 1. The molecule has 1 aromatic carbocycles. The summed E-state index contributed by atoms with van der Waals surface area (Å²) >= 11 is 0. The summed E-state index contributed by atoms with van der Waals surface area (Å²) in [4.78, 5) is 9.03. The third-order valence-corrected chi connectivity index (χ3v) is 3.82. The number of aryl methyl sites for hydroxylation is 3. The van der Waals surface area contributed by atoms with E-state index in [0.717, 1.165) is 24.4 Å². The molecule has 2 N–H and O–H groups in total. The van der Waals surface area contributed by atoms with E-state index >= 15 is 0 Å². The van der Waals surface area contributed by atoms with Gasteiger partial charge in [0, 0.05) is 11.8 Å². The van der Waals surface area contributed by atoms with Crippen LogP contribution in [0.5, 0.6) is 0 Å². The van der Waals surface area contributed by atoms with Crippen molar-refractivity contribution in [3.63, 3.8) is 0 Å². The lowest BCUT2D eigenvalue weighted by molar-refractivity contribution is 0.673. The second kappa shape index (κ2) is 4.14. The van der Waals surface area contributed by atoms with Crippen molar-refractivity contribution >= 4 is 0 Å². The first-order valence-corrected chi connectivity index (χ1v) is 6.70. The first-order valence-electron chi connectivity index (χ1n) is 6.70. The fourth-order valence-corrected chi connectivity index (χ4v) is 2.68. The maximum absolute atomic E-state index is 6.19. The van der Waals surface area contributed by atoms with Gasteiger partial charge < -0.3 is 5.73 Å². The summed E-state index contributed by atoms with van der Waals surface area (Å²) in [5, 5.41) is 0. The standard InChI is InChI=1S/C16H19N3/c1-10-8-11(2)14(12(3)9-10)13-4-7-18-15(19-13)16(17)5-6-16/h4,7-9H,5-6,17H2,1-3H3. The van der Waals surface area contributed by atoms with Crippen molar-refractivity contribution in [2.45, 2.75) is 39.2 Å². The number of nitrogens with zero attached hydrogens (tertiary/aromatic N) is 2. The van der Waals surface area contributed by atoms with Gasteiger partial charge in [-0.3, -0.25) is 0 Å². The molecule has 3 nitrogen and oxygen atoms in total. The molecule has 3 rings (SSSR count). The van der Waals surface area contributed by atoms with Crippen LogP contribution in [0.2, 0.25) is 0 Å². The van der Waals surface area contributed by atoms with Crippen molar-refractivity contribution in [2.75, 3.05) is 0 Å². The van der Waals surface area contributed by atoms with E-state index in [9.17, 15) is 0 Å². The summed E-state index contributed by atoms with van der Waals surface area (Å²) in [5.74, 6) is 0.782. The van der Waals surface area contributed by atoms with Gasteiger partial charge in [-0.05, 0) is 50.8 Å². The maximum Gasteiger partial charge on any atom is 0.148 e. The summed E-state index contributed by atoms with van der Waals surface area (Å²) in [7, 11) is 0. The number of rotatable bonds is 2. The number of aromatic nitrogens is 2. The topological polar surface area (TPSA) is 51.8 Å². The predicted molar refractivity (Wildman–Crippen MR) is 76.8 cm³/mol. The van der Waals surface area contributed by atoms with Crippen LogP contribution in [0.15, 0.2) is 24.4 Å². The number of hydrogen-bond donors (Lipinski definition) is 1. The zero-order valence-corrected chi connectivity index (χ0v) is 11.7. The minimum absolute atomic E-state index is 0.275. The van der Waals surface area contributed by atoms with Crippen LogP contribution in [0.1, 0.15) is 35.4 Å². The summed E-state index contributed by atoms with van der Waals surface area (Å²) in [6, 6.07) is 6.36. The van der Waals surface area contributed by atoms with Crippen LogP contribution in [0, 0.1) is 20.8 Å². The highest BCUT2D eigenvalue weighted by atomic mass is 15.0. The lowest BCUT2D eigenvalue weighted by Gasteiger charge is -2.13. The van der Waals surface area contributed by atoms with Crippen LogP contribution in [-0.4, -0.2) is 9.97 Å². The quantitative estimate of drug-likeness (QED) is 0.895. The molecule has 3 heteroatoms. The van der Waals surface area contributed by atoms with Gasteiger partial charge in [-0.1, -0.05) is 17.7 Å². The fraction of sp³-hybridized carbons (Fsp3) is 0.375. The molecule has 0 radical (unpaired) electrons. The second-order valence-corrected chi connectivity index (χ2v) is 5.70. The van der Waals surface area contributed by atoms with Gasteiger partial charge in [0.25, 0.3) is 0 Å². The van der Waals surface area contributed by atoms with E-state index in [0.29, 0.717) is 0 Å². The van der Waals surface area contributed by atoms with Crippen LogP contribution < -0.4 is 5.73 Å². The lowest BCUT2D eigenvalue weighted by atomic mass is 9.97. The Kier molecular flexibility index (Phi) is 2.68. The Morgan fingerprint density at radius 3 is 2.32 bits per heavy atom. The van der Waals surface area contributed by atoms with Crippen LogP contribution >= 0.6 is 0 Å². The first-order chi connectivity index (χ1) is 8.99. The lowest BCUT2D eigenvalue weighted by Crippen LogP contribution is -2.22. The van der Waals surface area contributed by atoms with Gasteiger partial charge in [0.15, 0.2) is 0 Å². The summed E-state index contributed by atoms with van der Waals surface area (Å²) in [6.45, 7) is 6.38. The third kappa shape index (κ3) is 2.15. The second-order valence-electron chi connectivity index (χ2n) is 5.70. The Morgan fingerprint density at radius 1 is 1.11 bits per heavy atom. The molecule has 0 unspecified atom stereocenters. The molecule has 1 heterocycles. The number of hydrogen-bond acceptors (Lipinski definition) is 3. The Balaban J connectivity index is 2.12. The van der Waals surface area contributed by atoms with E-state index in [4.69, 9.17) is 10.7 Å². The molecule has 1 aliphatic rings. The van der Waals surface area contributed by atoms with Crippen molar-refractivity contribution in [3.05, 3.63) is 46.9 Å². The third-order valence-electron chi connectivity index (χ3n) is 3.82. The van der Waals surface area contributed by atoms with Gasteiger partial charge >= 0.3 is 0 Å². The Bertz CT molecular complexity index is 619. The van der Waals surface area contributed by atoms with E-state index in [1.165, 1.54) is 22.3 Å². The smallest absolute Gasteiger partial charge is 0.148 e. The van der Waals surface area contributed by atoms with Crippen LogP contribution in [0.25, 0.3) is 11.3 Å². The van der Waals surface area contributed by atoms with Crippen molar-refractivity contribution in [1.29, 1.82) is 0 Å². The average Bonchev–Trinajstić information content (AvgIpc) is 3.08. The molecule has 1 aliphatic carbocycles. The fourth-order valence-electron chi connectivity index (χ4n) is 2.68. The molecule has 1 fully saturated rings. The molecule has 1 saturated carbocycles. The molecule has 0 aliphatic heterocycles. The Labute approximate surface area is 113 Å². The van der Waals surface area contributed by atoms with Crippen molar-refractivity contribution in [2.24, 2.45) is 5.73 Å². The van der Waals surface area contributed by atoms with E-state index < -0.39 is 0 Å². The van der Waals surface area contributed by atoms with Crippen LogP contribution in [-0.2, 0) is 5.54 Å². The van der Waals surface area contributed by atoms with Gasteiger partial charge in [0.05, 0.1) is 11.2 Å². The predicted octanol–water partition coefficient (Wildman–Crippen LogP) is 3.02. The highest BCUT2D eigenvalue weighted by molar-refractivity contribution is 5.68. The largest absolute Gasteiger partial charge is 0.319 e. The molecule has 0 saturated heterocycles. The molecule has 98 valence electrons. The van der Waals surface area contributed by atoms with Gasteiger partial charge in [0.2, 0.25) is 0 Å². The monoisotopic (exact) mass is 253 g/mol. The molecule has 0 bridgehead atoms. The molecule has 19 heavy (non-hydrogen) atoms. The van der Waals surface area contributed by atoms with Crippen molar-refractivity contribution < 1.29 is 0 Å². The summed E-state index contributed by atoms with van der Waals surface area (Å²) in [6.07, 6.45) is 3.80. The van der Waals surface area contributed by atoms with E-state index in [1.54, 1.807) is 0 Å². The minimum Gasteiger partial charge on any atom is -0.319 e. The summed E-state index contributed by atoms with van der Waals surface area (Å²) in [5.41, 5.74) is 11.9. The van der Waals surface area contributed by atoms with Crippen LogP contribution in [0.3, 0.4) is 0 Å². The molecule has 1 aromatic heterocycles. The van der Waals surface area contributed by atoms with E-state index in [1.807, 2.05) is 12.3 Å². The maximum atomic E-state index is 6.19. The highest BCUT2D eigenvalue weighted by Crippen LogP contribution is 2.41. The average molecular weight is 253 g/mol. The SMILES string of the molecule is Cc1cc(C)c(-c2ccnc(C3(N)CC3)n2)c(C)c1. The first kappa shape index (κ1) is 12.3. The van der Waals surface area contributed by atoms with E-state index in [-0.39, 0.29) is 5.54 Å². The normalized spacial score (nSPS) is 16.4. The number of nitrogens with two attached hydrogens (primary N) is 1. The van der Waals surface area contributed by atoms with E-state index in [2.05, 4.69) is 37.9 Å². The molecule has 0 spiro atoms.